The maximum absolute atomic E-state index is 10.7. The summed E-state index contributed by atoms with van der Waals surface area (Å²) >= 11 is 0. The summed E-state index contributed by atoms with van der Waals surface area (Å²) in [5, 5.41) is 16.1. The van der Waals surface area contributed by atoms with Gasteiger partial charge in [-0.25, -0.2) is 0 Å². The van der Waals surface area contributed by atoms with Crippen LogP contribution in [0.2, 0.25) is 0 Å². The van der Waals surface area contributed by atoms with Crippen LogP contribution in [0.25, 0.3) is 0 Å². The molecule has 2 aliphatic rings. The molecule has 0 aliphatic carbocycles. The van der Waals surface area contributed by atoms with Crippen molar-refractivity contribution in [1.82, 2.24) is 20.4 Å². The lowest BCUT2D eigenvalue weighted by atomic mass is 9.99. The van der Waals surface area contributed by atoms with Gasteiger partial charge in [0, 0.05) is 56.9 Å². The van der Waals surface area contributed by atoms with Gasteiger partial charge in [0.05, 0.1) is 6.54 Å². The van der Waals surface area contributed by atoms with Crippen LogP contribution in [0.3, 0.4) is 0 Å². The van der Waals surface area contributed by atoms with E-state index in [2.05, 4.69) is 36.3 Å². The van der Waals surface area contributed by atoms with Gasteiger partial charge in [-0.15, -0.1) is 0 Å². The molecule has 2 fully saturated rings. The SMILES string of the molecule is CC1NC(C)C(CN2CCN(CC(=O)O)CC2)NC1C. The molecule has 6 heteroatoms. The molecule has 2 rings (SSSR count). The minimum absolute atomic E-state index is 0.169. The van der Waals surface area contributed by atoms with Crippen LogP contribution in [0.5, 0.6) is 0 Å². The first-order valence-electron chi connectivity index (χ1n) is 7.64. The van der Waals surface area contributed by atoms with E-state index in [4.69, 9.17) is 5.11 Å². The molecule has 0 amide bonds. The topological polar surface area (TPSA) is 67.8 Å². The van der Waals surface area contributed by atoms with Gasteiger partial charge in [-0.1, -0.05) is 0 Å². The maximum Gasteiger partial charge on any atom is 0.317 e. The number of hydrogen-bond donors (Lipinski definition) is 3. The third kappa shape index (κ3) is 4.15. The van der Waals surface area contributed by atoms with Crippen molar-refractivity contribution in [2.45, 2.75) is 44.9 Å². The second kappa shape index (κ2) is 6.85. The van der Waals surface area contributed by atoms with Crippen molar-refractivity contribution in [2.24, 2.45) is 0 Å². The predicted molar refractivity (Wildman–Crippen MR) is 79.0 cm³/mol. The van der Waals surface area contributed by atoms with Gasteiger partial charge in [0.15, 0.2) is 0 Å². The van der Waals surface area contributed by atoms with Gasteiger partial charge in [0.1, 0.15) is 0 Å². The lowest BCUT2D eigenvalue weighted by molar-refractivity contribution is -0.138. The highest BCUT2D eigenvalue weighted by atomic mass is 16.4. The van der Waals surface area contributed by atoms with Gasteiger partial charge < -0.3 is 15.7 Å². The minimum Gasteiger partial charge on any atom is -0.480 e. The van der Waals surface area contributed by atoms with Crippen molar-refractivity contribution >= 4 is 5.97 Å². The van der Waals surface area contributed by atoms with E-state index in [1.807, 2.05) is 4.90 Å². The summed E-state index contributed by atoms with van der Waals surface area (Å²) in [5.41, 5.74) is 0. The highest BCUT2D eigenvalue weighted by Gasteiger charge is 2.31. The Morgan fingerprint density at radius 3 is 2.15 bits per heavy atom. The van der Waals surface area contributed by atoms with Crippen molar-refractivity contribution in [3.05, 3.63) is 0 Å². The molecule has 116 valence electrons. The summed E-state index contributed by atoms with van der Waals surface area (Å²) in [7, 11) is 0. The Bertz CT molecular complexity index is 331. The molecule has 4 unspecified atom stereocenters. The van der Waals surface area contributed by atoms with Crippen LogP contribution in [0.4, 0.5) is 0 Å². The van der Waals surface area contributed by atoms with Crippen LogP contribution in [0, 0.1) is 0 Å². The highest BCUT2D eigenvalue weighted by Crippen LogP contribution is 2.10. The lowest BCUT2D eigenvalue weighted by Crippen LogP contribution is -2.66. The number of nitrogens with one attached hydrogen (secondary N) is 2. The van der Waals surface area contributed by atoms with E-state index in [0.29, 0.717) is 24.2 Å². The van der Waals surface area contributed by atoms with Gasteiger partial charge in [0.25, 0.3) is 0 Å². The number of carboxylic acid groups (broad SMARTS) is 1. The lowest BCUT2D eigenvalue weighted by Gasteiger charge is -2.43. The molecule has 20 heavy (non-hydrogen) atoms. The Morgan fingerprint density at radius 2 is 1.55 bits per heavy atom. The summed E-state index contributed by atoms with van der Waals surface area (Å²) in [5.74, 6) is -0.729. The Balaban J connectivity index is 1.76. The molecule has 6 nitrogen and oxygen atoms in total. The Kier molecular flexibility index (Phi) is 5.37. The average Bonchev–Trinajstić information content (AvgIpc) is 2.37. The maximum atomic E-state index is 10.7. The fourth-order valence-corrected chi connectivity index (χ4v) is 3.11. The van der Waals surface area contributed by atoms with E-state index in [0.717, 1.165) is 32.7 Å². The van der Waals surface area contributed by atoms with Gasteiger partial charge in [-0.2, -0.15) is 0 Å². The number of rotatable bonds is 4. The number of carboxylic acids is 1. The second-order valence-corrected chi connectivity index (χ2v) is 6.28. The molecular formula is C14H28N4O2. The fourth-order valence-electron chi connectivity index (χ4n) is 3.11. The number of aliphatic carboxylic acids is 1. The Morgan fingerprint density at radius 1 is 1.00 bits per heavy atom. The molecule has 0 aromatic heterocycles. The zero-order valence-corrected chi connectivity index (χ0v) is 12.8. The Hall–Kier alpha value is -0.690. The van der Waals surface area contributed by atoms with E-state index >= 15 is 0 Å². The van der Waals surface area contributed by atoms with Crippen molar-refractivity contribution in [1.29, 1.82) is 0 Å². The van der Waals surface area contributed by atoms with Gasteiger partial charge in [-0.05, 0) is 20.8 Å². The fraction of sp³-hybridized carbons (Fsp3) is 0.929. The zero-order chi connectivity index (χ0) is 14.7. The largest absolute Gasteiger partial charge is 0.480 e. The van der Waals surface area contributed by atoms with Crippen molar-refractivity contribution in [3.8, 4) is 0 Å². The normalized spacial score (nSPS) is 37.0. The molecule has 2 saturated heterocycles. The van der Waals surface area contributed by atoms with E-state index < -0.39 is 5.97 Å². The predicted octanol–water partition coefficient (Wildman–Crippen LogP) is -0.584. The minimum atomic E-state index is -0.729. The van der Waals surface area contributed by atoms with E-state index in [9.17, 15) is 4.79 Å². The van der Waals surface area contributed by atoms with E-state index in [-0.39, 0.29) is 6.54 Å². The number of carbonyl (C=O) groups is 1. The van der Waals surface area contributed by atoms with Gasteiger partial charge in [-0.3, -0.25) is 14.6 Å². The van der Waals surface area contributed by atoms with Crippen LogP contribution in [-0.4, -0.2) is 84.3 Å². The quantitative estimate of drug-likeness (QED) is 0.641. The molecule has 0 spiro atoms. The van der Waals surface area contributed by atoms with Crippen molar-refractivity contribution in [2.75, 3.05) is 39.3 Å². The summed E-state index contributed by atoms with van der Waals surface area (Å²) in [6.45, 7) is 11.5. The van der Waals surface area contributed by atoms with E-state index in [1.54, 1.807) is 0 Å². The van der Waals surface area contributed by atoms with Crippen LogP contribution >= 0.6 is 0 Å². The molecule has 0 bridgehead atoms. The van der Waals surface area contributed by atoms with Gasteiger partial charge in [0.2, 0.25) is 0 Å². The third-order valence-corrected chi connectivity index (χ3v) is 4.63. The second-order valence-electron chi connectivity index (χ2n) is 6.28. The first-order chi connectivity index (χ1) is 9.45. The number of hydrogen-bond acceptors (Lipinski definition) is 5. The highest BCUT2D eigenvalue weighted by molar-refractivity contribution is 5.69. The monoisotopic (exact) mass is 284 g/mol. The standard InChI is InChI=1S/C14H28N4O2/c1-10-11(2)16-13(12(3)15-10)8-17-4-6-18(7-5-17)9-14(19)20/h10-13,15-16H,4-9H2,1-3H3,(H,19,20). The average molecular weight is 284 g/mol. The first kappa shape index (κ1) is 15.7. The molecule has 0 saturated carbocycles. The van der Waals surface area contributed by atoms with Crippen LogP contribution in [0.15, 0.2) is 0 Å². The summed E-state index contributed by atoms with van der Waals surface area (Å²) in [6.07, 6.45) is 0. The summed E-state index contributed by atoms with van der Waals surface area (Å²) < 4.78 is 0. The van der Waals surface area contributed by atoms with Crippen LogP contribution in [-0.2, 0) is 4.79 Å². The first-order valence-corrected chi connectivity index (χ1v) is 7.64. The molecule has 2 aliphatic heterocycles. The van der Waals surface area contributed by atoms with Crippen LogP contribution < -0.4 is 10.6 Å². The zero-order valence-electron chi connectivity index (χ0n) is 12.8. The number of piperazine rings is 2. The molecule has 4 atom stereocenters. The van der Waals surface area contributed by atoms with Crippen molar-refractivity contribution < 1.29 is 9.90 Å². The van der Waals surface area contributed by atoms with Crippen molar-refractivity contribution in [3.63, 3.8) is 0 Å². The molecule has 0 radical (unpaired) electrons. The molecule has 0 aromatic rings. The Labute approximate surface area is 121 Å². The van der Waals surface area contributed by atoms with E-state index in [1.165, 1.54) is 0 Å². The van der Waals surface area contributed by atoms with Gasteiger partial charge >= 0.3 is 5.97 Å². The molecule has 0 aromatic carbocycles. The smallest absolute Gasteiger partial charge is 0.317 e. The summed E-state index contributed by atoms with van der Waals surface area (Å²) in [6, 6.07) is 1.93. The molecule has 2 heterocycles. The molecule has 3 N–H and O–H groups in total. The van der Waals surface area contributed by atoms with Crippen LogP contribution in [0.1, 0.15) is 20.8 Å². The molecular weight excluding hydrogens is 256 g/mol. The summed E-state index contributed by atoms with van der Waals surface area (Å²) in [4.78, 5) is 15.2. The third-order valence-electron chi connectivity index (χ3n) is 4.63. The number of nitrogens with zero attached hydrogens (tertiary/aromatic N) is 2.